The normalized spacial score (nSPS) is 11.0. The lowest BCUT2D eigenvalue weighted by Crippen LogP contribution is -2.09. The quantitative estimate of drug-likeness (QED) is 0.503. The molecule has 2 aromatic heterocycles. The maximum atomic E-state index is 9.43. The summed E-state index contributed by atoms with van der Waals surface area (Å²) in [4.78, 5) is 4.32. The topological polar surface area (TPSA) is 66.5 Å². The summed E-state index contributed by atoms with van der Waals surface area (Å²) in [5.41, 5.74) is 4.19. The minimum Gasteiger partial charge on any atom is -0.383 e. The third kappa shape index (κ3) is 3.20. The van der Waals surface area contributed by atoms with Crippen molar-refractivity contribution in [1.29, 1.82) is 5.26 Å². The van der Waals surface area contributed by atoms with E-state index in [4.69, 9.17) is 11.6 Å². The average Bonchev–Trinajstić information content (AvgIpc) is 3.01. The summed E-state index contributed by atoms with van der Waals surface area (Å²) >= 11 is 6.24. The van der Waals surface area contributed by atoms with Gasteiger partial charge >= 0.3 is 0 Å². The number of anilines is 1. The number of pyridine rings is 1. The van der Waals surface area contributed by atoms with E-state index in [1.165, 1.54) is 5.39 Å². The van der Waals surface area contributed by atoms with E-state index >= 15 is 0 Å². The molecule has 5 nitrogen and oxygen atoms in total. The molecule has 0 saturated carbocycles. The Morgan fingerprint density at radius 1 is 1.15 bits per heavy atom. The molecule has 0 amide bonds. The van der Waals surface area contributed by atoms with E-state index in [1.807, 2.05) is 35.9 Å². The van der Waals surface area contributed by atoms with Crippen molar-refractivity contribution in [2.24, 2.45) is 0 Å². The number of aromatic nitrogens is 3. The molecular weight excluding hydrogens is 358 g/mol. The van der Waals surface area contributed by atoms with E-state index in [1.54, 1.807) is 12.3 Å². The van der Waals surface area contributed by atoms with Crippen molar-refractivity contribution in [3.63, 3.8) is 0 Å². The van der Waals surface area contributed by atoms with E-state index in [9.17, 15) is 5.26 Å². The molecule has 0 unspecified atom stereocenters. The molecule has 27 heavy (non-hydrogen) atoms. The second-order valence-corrected chi connectivity index (χ2v) is 6.81. The maximum Gasteiger partial charge on any atom is 0.103 e. The number of para-hydroxylation sites is 2. The molecule has 0 aliphatic carbocycles. The van der Waals surface area contributed by atoms with Gasteiger partial charge in [0.05, 0.1) is 33.0 Å². The number of benzene rings is 2. The molecule has 0 atom stereocenters. The zero-order chi connectivity index (χ0) is 18.8. The van der Waals surface area contributed by atoms with E-state index in [0.29, 0.717) is 22.6 Å². The molecular formula is C21H18ClN5. The Labute approximate surface area is 162 Å². The molecule has 1 N–H and O–H groups in total. The first-order chi connectivity index (χ1) is 13.2. The number of halogens is 1. The Morgan fingerprint density at radius 2 is 1.96 bits per heavy atom. The first-order valence-electron chi connectivity index (χ1n) is 8.82. The van der Waals surface area contributed by atoms with Crippen LogP contribution in [0, 0.1) is 18.3 Å². The zero-order valence-corrected chi connectivity index (χ0v) is 15.7. The van der Waals surface area contributed by atoms with E-state index in [2.05, 4.69) is 33.6 Å². The van der Waals surface area contributed by atoms with Gasteiger partial charge in [0.1, 0.15) is 6.07 Å². The molecule has 0 saturated heterocycles. The highest BCUT2D eigenvalue weighted by Crippen LogP contribution is 2.29. The number of hydrogen-bond acceptors (Lipinski definition) is 4. The summed E-state index contributed by atoms with van der Waals surface area (Å²) in [5.74, 6) is 0. The van der Waals surface area contributed by atoms with Gasteiger partial charge in [-0.3, -0.25) is 9.67 Å². The summed E-state index contributed by atoms with van der Waals surface area (Å²) in [6, 6.07) is 16.1. The van der Waals surface area contributed by atoms with Crippen LogP contribution in [0.1, 0.15) is 17.7 Å². The molecule has 0 spiro atoms. The lowest BCUT2D eigenvalue weighted by atomic mass is 10.1. The number of nitriles is 1. The largest absolute Gasteiger partial charge is 0.383 e. The number of rotatable bonds is 5. The Balaban J connectivity index is 1.52. The van der Waals surface area contributed by atoms with Gasteiger partial charge in [-0.05, 0) is 25.5 Å². The fourth-order valence-corrected chi connectivity index (χ4v) is 3.59. The van der Waals surface area contributed by atoms with Crippen LogP contribution in [0.5, 0.6) is 0 Å². The lowest BCUT2D eigenvalue weighted by molar-refractivity contribution is 0.605. The van der Waals surface area contributed by atoms with Gasteiger partial charge in [0.25, 0.3) is 0 Å². The van der Waals surface area contributed by atoms with Crippen molar-refractivity contribution >= 4 is 39.1 Å². The van der Waals surface area contributed by atoms with Crippen LogP contribution >= 0.6 is 11.6 Å². The number of aryl methyl sites for hydroxylation is 2. The van der Waals surface area contributed by atoms with E-state index in [-0.39, 0.29) is 0 Å². The summed E-state index contributed by atoms with van der Waals surface area (Å²) in [7, 11) is 0. The molecule has 0 radical (unpaired) electrons. The number of hydrogen-bond donors (Lipinski definition) is 1. The van der Waals surface area contributed by atoms with Gasteiger partial charge in [-0.15, -0.1) is 0 Å². The monoisotopic (exact) mass is 375 g/mol. The van der Waals surface area contributed by atoms with Crippen molar-refractivity contribution in [3.8, 4) is 6.07 Å². The maximum absolute atomic E-state index is 9.43. The standard InChI is InChI=1S/C21H18ClN5/c1-14-16-6-2-3-9-19(16)27(26-14)11-5-10-24-20-15(12-23)13-25-21-17(20)7-4-8-18(21)22/h2-4,6-9,13H,5,10-11H2,1H3,(H,24,25). The summed E-state index contributed by atoms with van der Waals surface area (Å²) < 4.78 is 2.04. The van der Waals surface area contributed by atoms with E-state index < -0.39 is 0 Å². The van der Waals surface area contributed by atoms with Gasteiger partial charge < -0.3 is 5.32 Å². The molecule has 0 aliphatic heterocycles. The summed E-state index contributed by atoms with van der Waals surface area (Å²) in [6.45, 7) is 3.55. The van der Waals surface area contributed by atoms with Crippen LogP contribution in [0.15, 0.2) is 48.7 Å². The van der Waals surface area contributed by atoms with Gasteiger partial charge in [-0.2, -0.15) is 10.4 Å². The van der Waals surface area contributed by atoms with Crippen LogP contribution in [0.4, 0.5) is 5.69 Å². The average molecular weight is 376 g/mol. The van der Waals surface area contributed by atoms with Gasteiger partial charge in [-0.1, -0.05) is 41.9 Å². The first kappa shape index (κ1) is 17.3. The highest BCUT2D eigenvalue weighted by molar-refractivity contribution is 6.35. The van der Waals surface area contributed by atoms with Crippen molar-refractivity contribution in [2.45, 2.75) is 19.9 Å². The van der Waals surface area contributed by atoms with Gasteiger partial charge in [-0.25, -0.2) is 0 Å². The number of nitrogens with one attached hydrogen (secondary N) is 1. The Kier molecular flexibility index (Phi) is 4.66. The predicted molar refractivity (Wildman–Crippen MR) is 109 cm³/mol. The molecule has 6 heteroatoms. The van der Waals surface area contributed by atoms with Crippen molar-refractivity contribution < 1.29 is 0 Å². The van der Waals surface area contributed by atoms with E-state index in [0.717, 1.165) is 35.2 Å². The molecule has 134 valence electrons. The van der Waals surface area contributed by atoms with Crippen LogP contribution < -0.4 is 5.32 Å². The summed E-state index contributed by atoms with van der Waals surface area (Å²) in [5, 5.41) is 20.1. The van der Waals surface area contributed by atoms with Crippen LogP contribution in [-0.2, 0) is 6.54 Å². The second-order valence-electron chi connectivity index (χ2n) is 6.40. The minimum absolute atomic E-state index is 0.519. The molecule has 2 aromatic carbocycles. The van der Waals surface area contributed by atoms with Crippen LogP contribution in [-0.4, -0.2) is 21.3 Å². The van der Waals surface area contributed by atoms with Gasteiger partial charge in [0.15, 0.2) is 0 Å². The van der Waals surface area contributed by atoms with Crippen LogP contribution in [0.3, 0.4) is 0 Å². The lowest BCUT2D eigenvalue weighted by Gasteiger charge is -2.12. The Morgan fingerprint density at radius 3 is 2.81 bits per heavy atom. The molecule has 0 aliphatic rings. The highest BCUT2D eigenvalue weighted by atomic mass is 35.5. The number of nitrogens with zero attached hydrogens (tertiary/aromatic N) is 4. The molecule has 0 fully saturated rings. The first-order valence-corrected chi connectivity index (χ1v) is 9.20. The minimum atomic E-state index is 0.519. The van der Waals surface area contributed by atoms with Crippen molar-refractivity contribution in [1.82, 2.24) is 14.8 Å². The Hall–Kier alpha value is -3.10. The smallest absolute Gasteiger partial charge is 0.103 e. The predicted octanol–water partition coefficient (Wildman–Crippen LogP) is 4.92. The fraction of sp³-hybridized carbons (Fsp3) is 0.190. The molecule has 4 rings (SSSR count). The summed E-state index contributed by atoms with van der Waals surface area (Å²) in [6.07, 6.45) is 2.45. The highest BCUT2D eigenvalue weighted by Gasteiger charge is 2.11. The van der Waals surface area contributed by atoms with Gasteiger partial charge in [0, 0.05) is 30.1 Å². The molecule has 4 aromatic rings. The Bertz CT molecular complexity index is 1170. The number of fused-ring (bicyclic) bond motifs is 2. The van der Waals surface area contributed by atoms with Gasteiger partial charge in [0.2, 0.25) is 0 Å². The third-order valence-corrected chi connectivity index (χ3v) is 4.96. The third-order valence-electron chi connectivity index (χ3n) is 4.66. The van der Waals surface area contributed by atoms with Crippen molar-refractivity contribution in [2.75, 3.05) is 11.9 Å². The van der Waals surface area contributed by atoms with Crippen molar-refractivity contribution in [3.05, 3.63) is 64.9 Å². The van der Waals surface area contributed by atoms with Crippen LogP contribution in [0.25, 0.3) is 21.8 Å². The molecule has 2 heterocycles. The second kappa shape index (κ2) is 7.26. The van der Waals surface area contributed by atoms with Crippen LogP contribution in [0.2, 0.25) is 5.02 Å². The zero-order valence-electron chi connectivity index (χ0n) is 14.9. The fourth-order valence-electron chi connectivity index (χ4n) is 3.37. The SMILES string of the molecule is Cc1nn(CCCNc2c(C#N)cnc3c(Cl)cccc23)c2ccccc12. The molecule has 0 bridgehead atoms.